The van der Waals surface area contributed by atoms with E-state index in [4.69, 9.17) is 4.74 Å². The molecule has 2 unspecified atom stereocenters. The summed E-state index contributed by atoms with van der Waals surface area (Å²) in [4.78, 5) is 97.7. The summed E-state index contributed by atoms with van der Waals surface area (Å²) in [7, 11) is 3.11. The monoisotopic (exact) mass is 784 g/mol. The molecule has 1 aliphatic heterocycles. The Morgan fingerprint density at radius 3 is 2.12 bits per heavy atom. The molecule has 2 aliphatic carbocycles. The summed E-state index contributed by atoms with van der Waals surface area (Å²) in [6.07, 6.45) is 2.25. The molecular weight excluding hydrogens is 729 g/mol. The molecule has 0 spiro atoms. The van der Waals surface area contributed by atoms with Crippen LogP contribution in [0.1, 0.15) is 70.2 Å². The van der Waals surface area contributed by atoms with Crippen molar-refractivity contribution in [2.75, 3.05) is 27.2 Å². The first-order valence-electron chi connectivity index (χ1n) is 19.5. The molecule has 0 aromatic heterocycles. The number of benzene rings is 2. The van der Waals surface area contributed by atoms with Gasteiger partial charge in [-0.05, 0) is 86.3 Å². The first kappa shape index (κ1) is 42.6. The number of nitrogens with one attached hydrogen (secondary N) is 4. The lowest BCUT2D eigenvalue weighted by Crippen LogP contribution is -2.60. The van der Waals surface area contributed by atoms with Crippen LogP contribution in [0.2, 0.25) is 0 Å². The maximum atomic E-state index is 14.6. The largest absolute Gasteiger partial charge is 0.444 e. The number of carbonyl (C=O) groups excluding carboxylic acids is 7. The fourth-order valence-corrected chi connectivity index (χ4v) is 8.26. The van der Waals surface area contributed by atoms with Crippen LogP contribution in [-0.4, -0.2) is 102 Å². The minimum absolute atomic E-state index is 0.00313. The predicted octanol–water partition coefficient (Wildman–Crippen LogP) is 2.86. The van der Waals surface area contributed by atoms with Crippen LogP contribution in [0.5, 0.6) is 0 Å². The summed E-state index contributed by atoms with van der Waals surface area (Å²) in [5.41, 5.74) is 1.64. The number of allylic oxidation sites excluding steroid dienone is 1. The first-order valence-corrected chi connectivity index (χ1v) is 19.5. The average Bonchev–Trinajstić information content (AvgIpc) is 3.51. The van der Waals surface area contributed by atoms with Crippen molar-refractivity contribution in [1.29, 1.82) is 0 Å². The van der Waals surface area contributed by atoms with Gasteiger partial charge in [-0.2, -0.15) is 0 Å². The highest BCUT2D eigenvalue weighted by molar-refractivity contribution is 6.38. The lowest BCUT2D eigenvalue weighted by molar-refractivity contribution is -0.145. The standard InChI is InChI=1S/C43H56N6O8/c1-9-10-20-30(36(51)38(53)44-23-31(50)46-33(39(54)48(7)8)25-16-12-11-13-17-25)45-37(52)35-32-29(43(32,5)6)24-49(35)40(55)34(47-41(56)57-42(2,3)4)28-21-26-18-14-15-19-27(26)22-28/h9,11-19,28-30,32-35H,1,10,20-24H2,2-8H3,(H,44,53)(H,45,52)(H,46,50)(H,47,56)/t29-,30?,32?,33-,34-,35-/m0/s1. The number of rotatable bonds is 15. The van der Waals surface area contributed by atoms with Crippen molar-refractivity contribution >= 4 is 41.4 Å². The van der Waals surface area contributed by atoms with Gasteiger partial charge in [0.2, 0.25) is 29.4 Å². The topological polar surface area (TPSA) is 183 Å². The molecule has 1 saturated carbocycles. The molecule has 6 amide bonds. The van der Waals surface area contributed by atoms with Gasteiger partial charge >= 0.3 is 6.09 Å². The number of nitrogens with zero attached hydrogens (tertiary/aromatic N) is 2. The van der Waals surface area contributed by atoms with Gasteiger partial charge in [0.25, 0.3) is 5.91 Å². The molecule has 0 radical (unpaired) electrons. The number of likely N-dealkylation sites (N-methyl/N-ethyl adjacent to an activating group) is 1. The van der Waals surface area contributed by atoms with Crippen LogP contribution >= 0.6 is 0 Å². The van der Waals surface area contributed by atoms with E-state index in [1.807, 2.05) is 38.1 Å². The second kappa shape index (κ2) is 17.3. The van der Waals surface area contributed by atoms with E-state index in [0.717, 1.165) is 11.1 Å². The Morgan fingerprint density at radius 2 is 1.54 bits per heavy atom. The van der Waals surface area contributed by atoms with Crippen LogP contribution < -0.4 is 21.3 Å². The first-order chi connectivity index (χ1) is 26.8. The summed E-state index contributed by atoms with van der Waals surface area (Å²) in [6, 6.07) is 12.2. The van der Waals surface area contributed by atoms with E-state index in [0.29, 0.717) is 18.4 Å². The van der Waals surface area contributed by atoms with Crippen molar-refractivity contribution in [2.24, 2.45) is 23.2 Å². The Labute approximate surface area is 334 Å². The van der Waals surface area contributed by atoms with E-state index in [1.165, 1.54) is 9.80 Å². The van der Waals surface area contributed by atoms with Crippen molar-refractivity contribution in [1.82, 2.24) is 31.1 Å². The van der Waals surface area contributed by atoms with Crippen LogP contribution in [0.15, 0.2) is 67.3 Å². The Balaban J connectivity index is 1.30. The normalized spacial score (nSPS) is 20.8. The Hall–Kier alpha value is -5.53. The van der Waals surface area contributed by atoms with E-state index < -0.39 is 71.8 Å². The summed E-state index contributed by atoms with van der Waals surface area (Å²) in [6.45, 7) is 12.7. The van der Waals surface area contributed by atoms with Crippen LogP contribution in [0, 0.1) is 23.2 Å². The molecule has 14 nitrogen and oxygen atoms in total. The Bertz CT molecular complexity index is 1860. The summed E-state index contributed by atoms with van der Waals surface area (Å²) >= 11 is 0. The minimum Gasteiger partial charge on any atom is -0.444 e. The van der Waals surface area contributed by atoms with Gasteiger partial charge in [-0.3, -0.25) is 28.8 Å². The molecule has 57 heavy (non-hydrogen) atoms. The number of ether oxygens (including phenoxy) is 1. The van der Waals surface area contributed by atoms with Crippen LogP contribution in [0.25, 0.3) is 0 Å². The number of likely N-dealkylation sites (tertiary alicyclic amines) is 1. The van der Waals surface area contributed by atoms with E-state index in [9.17, 15) is 33.6 Å². The lowest BCUT2D eigenvalue weighted by atomic mass is 9.93. The number of piperidine rings is 1. The molecule has 0 bridgehead atoms. The van der Waals surface area contributed by atoms with E-state index >= 15 is 0 Å². The third-order valence-electron chi connectivity index (χ3n) is 11.3. The van der Waals surface area contributed by atoms with Gasteiger partial charge in [-0.15, -0.1) is 6.58 Å². The van der Waals surface area contributed by atoms with Gasteiger partial charge in [0.15, 0.2) is 0 Å². The maximum absolute atomic E-state index is 14.6. The number of amides is 6. The third-order valence-corrected chi connectivity index (χ3v) is 11.3. The van der Waals surface area contributed by atoms with Crippen molar-refractivity contribution in [3.05, 3.63) is 83.9 Å². The zero-order chi connectivity index (χ0) is 41.8. The highest BCUT2D eigenvalue weighted by Crippen LogP contribution is 2.65. The number of ketones is 1. The third kappa shape index (κ3) is 9.89. The molecular formula is C43H56N6O8. The number of carbonyl (C=O) groups is 7. The summed E-state index contributed by atoms with van der Waals surface area (Å²) < 4.78 is 5.56. The summed E-state index contributed by atoms with van der Waals surface area (Å²) in [5, 5.41) is 10.6. The lowest BCUT2D eigenvalue weighted by Gasteiger charge is -2.35. The number of Topliss-reactive ketones (excluding diaryl/α,β-unsaturated/α-hetero) is 1. The molecule has 2 aromatic carbocycles. The van der Waals surface area contributed by atoms with Crippen molar-refractivity contribution < 1.29 is 38.3 Å². The van der Waals surface area contributed by atoms with E-state index in [1.54, 1.807) is 71.3 Å². The van der Waals surface area contributed by atoms with Crippen LogP contribution in [-0.2, 0) is 46.3 Å². The van der Waals surface area contributed by atoms with Gasteiger partial charge in [-0.1, -0.05) is 74.5 Å². The molecule has 1 saturated heterocycles. The van der Waals surface area contributed by atoms with Gasteiger partial charge < -0.3 is 35.8 Å². The molecule has 2 aromatic rings. The van der Waals surface area contributed by atoms with Gasteiger partial charge in [0.05, 0.1) is 12.6 Å². The zero-order valence-corrected chi connectivity index (χ0v) is 33.9. The van der Waals surface area contributed by atoms with Crippen LogP contribution in [0.4, 0.5) is 4.79 Å². The molecule has 2 fully saturated rings. The molecule has 6 atom stereocenters. The molecule has 3 aliphatic rings. The second-order valence-corrected chi connectivity index (χ2v) is 17.1. The number of hydrogen-bond donors (Lipinski definition) is 4. The molecule has 306 valence electrons. The zero-order valence-electron chi connectivity index (χ0n) is 33.9. The van der Waals surface area contributed by atoms with Gasteiger partial charge in [-0.25, -0.2) is 4.79 Å². The quantitative estimate of drug-likeness (QED) is 0.157. The minimum atomic E-state index is -1.29. The Kier molecular flexibility index (Phi) is 12.9. The maximum Gasteiger partial charge on any atom is 0.408 e. The Morgan fingerprint density at radius 1 is 0.930 bits per heavy atom. The highest BCUT2D eigenvalue weighted by atomic mass is 16.6. The number of alkyl carbamates (subject to hydrolysis) is 1. The van der Waals surface area contributed by atoms with Crippen molar-refractivity contribution in [3.63, 3.8) is 0 Å². The number of hydrogen-bond acceptors (Lipinski definition) is 8. The predicted molar refractivity (Wildman–Crippen MR) is 212 cm³/mol. The highest BCUT2D eigenvalue weighted by Gasteiger charge is 2.70. The van der Waals surface area contributed by atoms with Crippen molar-refractivity contribution in [2.45, 2.75) is 90.1 Å². The average molecular weight is 785 g/mol. The number of fused-ring (bicyclic) bond motifs is 2. The fraction of sp³-hybridized carbons (Fsp3) is 0.512. The van der Waals surface area contributed by atoms with E-state index in [-0.39, 0.29) is 48.5 Å². The van der Waals surface area contributed by atoms with Crippen LogP contribution in [0.3, 0.4) is 0 Å². The van der Waals surface area contributed by atoms with Crippen molar-refractivity contribution in [3.8, 4) is 0 Å². The smallest absolute Gasteiger partial charge is 0.408 e. The van der Waals surface area contributed by atoms with Gasteiger partial charge in [0.1, 0.15) is 23.7 Å². The molecule has 5 rings (SSSR count). The van der Waals surface area contributed by atoms with E-state index in [2.05, 4.69) is 27.8 Å². The molecule has 14 heteroatoms. The molecule has 4 N–H and O–H groups in total. The fourth-order valence-electron chi connectivity index (χ4n) is 8.26. The van der Waals surface area contributed by atoms with Gasteiger partial charge in [0, 0.05) is 20.6 Å². The second-order valence-electron chi connectivity index (χ2n) is 17.1. The summed E-state index contributed by atoms with van der Waals surface area (Å²) in [5.74, 6) is -4.67. The molecule has 1 heterocycles. The SMILES string of the molecule is C=CCCC(NC(=O)[C@@H]1C2[C@H](CN1C(=O)[C@@H](NC(=O)OC(C)(C)C)C1Cc3ccccc3C1)C2(C)C)C(=O)C(=O)NCC(=O)N[C@H](C(=O)N(C)C)c1ccccc1.